The molecule has 3 heterocycles. The van der Waals surface area contributed by atoms with Crippen LogP contribution in [-0.2, 0) is 11.2 Å². The highest BCUT2D eigenvalue weighted by Gasteiger charge is 2.35. The van der Waals surface area contributed by atoms with Crippen LogP contribution in [0.3, 0.4) is 0 Å². The minimum atomic E-state index is -0.0936. The molecular formula is C21H26N4O. The summed E-state index contributed by atoms with van der Waals surface area (Å²) in [7, 11) is 2.15. The second-order valence-electron chi connectivity index (χ2n) is 7.95. The summed E-state index contributed by atoms with van der Waals surface area (Å²) < 4.78 is 0. The average molecular weight is 350 g/mol. The Morgan fingerprint density at radius 1 is 1.23 bits per heavy atom. The summed E-state index contributed by atoms with van der Waals surface area (Å²) in [5, 5.41) is 3.43. The molecule has 0 radical (unpaired) electrons. The van der Waals surface area contributed by atoms with Crippen molar-refractivity contribution < 1.29 is 4.79 Å². The van der Waals surface area contributed by atoms with Gasteiger partial charge in [0.05, 0.1) is 5.92 Å². The van der Waals surface area contributed by atoms with E-state index in [9.17, 15) is 4.79 Å². The fraction of sp³-hybridized carbons (Fsp3) is 0.476. The number of fused-ring (bicyclic) bond motifs is 2. The lowest BCUT2D eigenvalue weighted by Gasteiger charge is -2.40. The van der Waals surface area contributed by atoms with E-state index in [0.717, 1.165) is 26.1 Å². The fourth-order valence-electron chi connectivity index (χ4n) is 4.86. The SMILES string of the molecule is CN1C[C@H](C(=O)NN2CCCCC2)C=C2c3cccc4[nH]cc(c34)C[C@H]21. The highest BCUT2D eigenvalue weighted by molar-refractivity contribution is 5.99. The maximum Gasteiger partial charge on any atom is 0.242 e. The topological polar surface area (TPSA) is 51.4 Å². The number of amides is 1. The number of hydrogen-bond acceptors (Lipinski definition) is 3. The number of piperidine rings is 1. The van der Waals surface area contributed by atoms with Crippen molar-refractivity contribution in [1.82, 2.24) is 20.3 Å². The minimum Gasteiger partial charge on any atom is -0.361 e. The highest BCUT2D eigenvalue weighted by atomic mass is 16.2. The first-order valence-corrected chi connectivity index (χ1v) is 9.77. The number of H-pyrrole nitrogens is 1. The maximum absolute atomic E-state index is 12.9. The Kier molecular flexibility index (Phi) is 3.87. The van der Waals surface area contributed by atoms with Crippen LogP contribution in [0.1, 0.15) is 30.4 Å². The van der Waals surface area contributed by atoms with Crippen molar-refractivity contribution in [3.8, 4) is 0 Å². The third-order valence-corrected chi connectivity index (χ3v) is 6.23. The predicted molar refractivity (Wildman–Crippen MR) is 103 cm³/mol. The van der Waals surface area contributed by atoms with E-state index in [0.29, 0.717) is 6.04 Å². The molecule has 1 fully saturated rings. The van der Waals surface area contributed by atoms with Crippen LogP contribution in [0, 0.1) is 5.92 Å². The summed E-state index contributed by atoms with van der Waals surface area (Å²) in [5.41, 5.74) is 8.35. The van der Waals surface area contributed by atoms with Crippen LogP contribution < -0.4 is 5.43 Å². The molecule has 26 heavy (non-hydrogen) atoms. The number of nitrogens with one attached hydrogen (secondary N) is 2. The van der Waals surface area contributed by atoms with E-state index in [-0.39, 0.29) is 11.8 Å². The van der Waals surface area contributed by atoms with E-state index in [1.807, 2.05) is 0 Å². The molecule has 2 N–H and O–H groups in total. The van der Waals surface area contributed by atoms with E-state index in [2.05, 4.69) is 57.8 Å². The lowest BCUT2D eigenvalue weighted by Crippen LogP contribution is -2.51. The van der Waals surface area contributed by atoms with E-state index in [4.69, 9.17) is 0 Å². The molecular weight excluding hydrogens is 324 g/mol. The molecule has 0 bridgehead atoms. The molecule has 0 unspecified atom stereocenters. The van der Waals surface area contributed by atoms with Crippen LogP contribution in [0.2, 0.25) is 0 Å². The monoisotopic (exact) mass is 350 g/mol. The Morgan fingerprint density at radius 2 is 2.08 bits per heavy atom. The average Bonchev–Trinajstić information content (AvgIpc) is 3.08. The molecule has 5 nitrogen and oxygen atoms in total. The summed E-state index contributed by atoms with van der Waals surface area (Å²) in [6, 6.07) is 6.81. The van der Waals surface area contributed by atoms with Crippen molar-refractivity contribution >= 4 is 22.4 Å². The first-order valence-electron chi connectivity index (χ1n) is 9.77. The Hall–Kier alpha value is -2.11. The molecule has 5 heteroatoms. The number of carbonyl (C=O) groups is 1. The smallest absolute Gasteiger partial charge is 0.242 e. The van der Waals surface area contributed by atoms with Gasteiger partial charge >= 0.3 is 0 Å². The number of rotatable bonds is 2. The molecule has 3 aliphatic rings. The first kappa shape index (κ1) is 16.1. The molecule has 1 aromatic heterocycles. The van der Waals surface area contributed by atoms with Crippen molar-refractivity contribution in [1.29, 1.82) is 0 Å². The third kappa shape index (κ3) is 2.58. The van der Waals surface area contributed by atoms with E-state index in [1.165, 1.54) is 46.9 Å². The zero-order chi connectivity index (χ0) is 17.7. The number of aromatic amines is 1. The molecule has 0 saturated carbocycles. The van der Waals surface area contributed by atoms with Gasteiger partial charge in [0, 0.05) is 42.8 Å². The van der Waals surface area contributed by atoms with Gasteiger partial charge in [-0.2, -0.15) is 0 Å². The Labute approximate surface area is 154 Å². The van der Waals surface area contributed by atoms with E-state index < -0.39 is 0 Å². The second-order valence-corrected chi connectivity index (χ2v) is 7.95. The maximum atomic E-state index is 12.9. The number of benzene rings is 1. The third-order valence-electron chi connectivity index (χ3n) is 6.23. The first-order chi connectivity index (χ1) is 12.7. The van der Waals surface area contributed by atoms with Crippen LogP contribution in [0.5, 0.6) is 0 Å². The lowest BCUT2D eigenvalue weighted by atomic mass is 9.80. The predicted octanol–water partition coefficient (Wildman–Crippen LogP) is 2.55. The largest absolute Gasteiger partial charge is 0.361 e. The van der Waals surface area contributed by atoms with Crippen molar-refractivity contribution in [2.45, 2.75) is 31.7 Å². The normalized spacial score (nSPS) is 26.4. The quantitative estimate of drug-likeness (QED) is 0.875. The lowest BCUT2D eigenvalue weighted by molar-refractivity contribution is -0.129. The zero-order valence-electron chi connectivity index (χ0n) is 15.3. The zero-order valence-corrected chi connectivity index (χ0v) is 15.3. The molecule has 5 rings (SSSR count). The van der Waals surface area contributed by atoms with E-state index >= 15 is 0 Å². The molecule has 0 spiro atoms. The van der Waals surface area contributed by atoms with Gasteiger partial charge in [-0.25, -0.2) is 5.01 Å². The van der Waals surface area contributed by atoms with Crippen molar-refractivity contribution in [3.05, 3.63) is 41.6 Å². The summed E-state index contributed by atoms with van der Waals surface area (Å²) >= 11 is 0. The molecule has 136 valence electrons. The van der Waals surface area contributed by atoms with Crippen molar-refractivity contribution in [2.75, 3.05) is 26.7 Å². The van der Waals surface area contributed by atoms with Gasteiger partial charge in [-0.3, -0.25) is 15.1 Å². The van der Waals surface area contributed by atoms with Crippen LogP contribution in [0.15, 0.2) is 30.5 Å². The van der Waals surface area contributed by atoms with Gasteiger partial charge in [0.2, 0.25) is 5.91 Å². The van der Waals surface area contributed by atoms with Crippen molar-refractivity contribution in [3.63, 3.8) is 0 Å². The van der Waals surface area contributed by atoms with Crippen molar-refractivity contribution in [2.24, 2.45) is 5.92 Å². The van der Waals surface area contributed by atoms with Gasteiger partial charge in [0.25, 0.3) is 0 Å². The van der Waals surface area contributed by atoms with Gasteiger partial charge in [-0.1, -0.05) is 24.6 Å². The summed E-state index contributed by atoms with van der Waals surface area (Å²) in [6.45, 7) is 2.72. The van der Waals surface area contributed by atoms with Crippen LogP contribution in [-0.4, -0.2) is 53.5 Å². The van der Waals surface area contributed by atoms with E-state index in [1.54, 1.807) is 0 Å². The molecule has 1 amide bonds. The molecule has 1 aliphatic carbocycles. The molecule has 2 aliphatic heterocycles. The van der Waals surface area contributed by atoms with Gasteiger partial charge in [-0.15, -0.1) is 0 Å². The number of hydrazine groups is 1. The fourth-order valence-corrected chi connectivity index (χ4v) is 4.86. The summed E-state index contributed by atoms with van der Waals surface area (Å²) in [6.07, 6.45) is 9.01. The van der Waals surface area contributed by atoms with Gasteiger partial charge in [0.15, 0.2) is 0 Å². The van der Waals surface area contributed by atoms with Gasteiger partial charge in [-0.05, 0) is 49.1 Å². The second kappa shape index (κ2) is 6.25. The molecule has 2 aromatic rings. The molecule has 1 saturated heterocycles. The van der Waals surface area contributed by atoms with Gasteiger partial charge in [0.1, 0.15) is 0 Å². The number of aromatic nitrogens is 1. The number of likely N-dealkylation sites (N-methyl/N-ethyl adjacent to an activating group) is 1. The number of carbonyl (C=O) groups excluding carboxylic acids is 1. The van der Waals surface area contributed by atoms with Crippen LogP contribution in [0.4, 0.5) is 0 Å². The Balaban J connectivity index is 1.47. The summed E-state index contributed by atoms with van der Waals surface area (Å²) in [4.78, 5) is 18.6. The Bertz CT molecular complexity index is 877. The standard InChI is InChI=1S/C21H26N4O/c1-24-13-15(21(26)23-25-8-3-2-4-9-25)10-17-16-6-5-7-18-20(16)14(12-22-18)11-19(17)24/h5-7,10,12,15,19,22H,2-4,8-9,11,13H2,1H3,(H,23,26)/t15-,19-/m1/s1. The minimum absolute atomic E-state index is 0.0936. The highest BCUT2D eigenvalue weighted by Crippen LogP contribution is 2.40. The van der Waals surface area contributed by atoms with Crippen LogP contribution >= 0.6 is 0 Å². The molecule has 2 atom stereocenters. The van der Waals surface area contributed by atoms with Gasteiger partial charge < -0.3 is 4.98 Å². The Morgan fingerprint density at radius 3 is 2.92 bits per heavy atom. The molecule has 1 aromatic carbocycles. The van der Waals surface area contributed by atoms with Crippen LogP contribution in [0.25, 0.3) is 16.5 Å². The number of hydrogen-bond donors (Lipinski definition) is 2. The number of nitrogens with zero attached hydrogens (tertiary/aromatic N) is 2. The summed E-state index contributed by atoms with van der Waals surface area (Å²) in [5.74, 6) is 0.0423.